The van der Waals surface area contributed by atoms with Crippen LogP contribution in [0.5, 0.6) is 0 Å². The Morgan fingerprint density at radius 1 is 0.750 bits per heavy atom. The largest absolute Gasteiger partial charge is 1.00 e. The molecule has 4 rings (SSSR count). The Bertz CT molecular complexity index is 1110. The number of aromatic nitrogens is 1. The van der Waals surface area contributed by atoms with E-state index in [0.29, 0.717) is 11.4 Å². The molecule has 28 heavy (non-hydrogen) atoms. The van der Waals surface area contributed by atoms with Crippen LogP contribution in [-0.4, -0.2) is 11.6 Å². The van der Waals surface area contributed by atoms with Crippen LogP contribution in [0.15, 0.2) is 108 Å². The molecule has 4 nitrogen and oxygen atoms in total. The number of nitrogens with one attached hydrogen (secondary N) is 1. The Hall–Kier alpha value is -3.31. The highest BCUT2D eigenvalue weighted by molar-refractivity contribution is 6.42. The van der Waals surface area contributed by atoms with Gasteiger partial charge in [0.15, 0.2) is 0 Å². The van der Waals surface area contributed by atoms with Gasteiger partial charge < -0.3 is 17.0 Å². The maximum atomic E-state index is 13.2. The molecule has 1 N–H and O–H groups in total. The number of halogens is 1. The molecular formula is C23H18BrN3O. The van der Waals surface area contributed by atoms with Crippen molar-refractivity contribution in [1.29, 1.82) is 0 Å². The Labute approximate surface area is 173 Å². The minimum absolute atomic E-state index is 0. The minimum Gasteiger partial charge on any atom is -1.00 e. The predicted octanol–water partition coefficient (Wildman–Crippen LogP) is 1.29. The molecule has 0 aliphatic rings. The lowest BCUT2D eigenvalue weighted by molar-refractivity contribution is -0.552. The molecule has 138 valence electrons. The molecule has 1 aromatic heterocycles. The number of Topliss-reactive ketones (excluding diaryl/α,β-unsaturated/α-hetero) is 1. The third kappa shape index (κ3) is 4.32. The Kier molecular flexibility index (Phi) is 6.29. The molecule has 4 aromatic rings. The fourth-order valence-electron chi connectivity index (χ4n) is 2.86. The zero-order valence-corrected chi connectivity index (χ0v) is 16.6. The number of pyridine rings is 1. The van der Waals surface area contributed by atoms with Gasteiger partial charge in [-0.05, 0) is 41.1 Å². The first kappa shape index (κ1) is 19.5. The third-order valence-corrected chi connectivity index (χ3v) is 4.24. The lowest BCUT2D eigenvalue weighted by atomic mass is 10.0. The highest BCUT2D eigenvalue weighted by Gasteiger charge is 2.25. The van der Waals surface area contributed by atoms with Gasteiger partial charge in [0.1, 0.15) is 0 Å². The Morgan fingerprint density at radius 3 is 2.14 bits per heavy atom. The first-order valence-corrected chi connectivity index (χ1v) is 8.70. The van der Waals surface area contributed by atoms with Crippen molar-refractivity contribution in [2.45, 2.75) is 0 Å². The fourth-order valence-corrected chi connectivity index (χ4v) is 2.86. The highest BCUT2D eigenvalue weighted by atomic mass is 79.9. The SMILES string of the molecule is O=C(C(=NNc1ccccc1)[n+]1ccccc1)c1ccc2ccccc2c1.[Br-]. The second kappa shape index (κ2) is 9.06. The fraction of sp³-hybridized carbons (Fsp3) is 0. The number of benzene rings is 3. The van der Waals surface area contributed by atoms with Crippen LogP contribution in [-0.2, 0) is 0 Å². The van der Waals surface area contributed by atoms with E-state index in [1.807, 2.05) is 103 Å². The Morgan fingerprint density at radius 2 is 1.39 bits per heavy atom. The first-order chi connectivity index (χ1) is 13.3. The van der Waals surface area contributed by atoms with Crippen molar-refractivity contribution < 1.29 is 26.3 Å². The summed E-state index contributed by atoms with van der Waals surface area (Å²) in [6.45, 7) is 0. The number of anilines is 1. The van der Waals surface area contributed by atoms with E-state index in [9.17, 15) is 4.79 Å². The van der Waals surface area contributed by atoms with Crippen molar-refractivity contribution in [2.24, 2.45) is 5.10 Å². The van der Waals surface area contributed by atoms with Crippen LogP contribution < -0.4 is 27.0 Å². The molecule has 0 atom stereocenters. The van der Waals surface area contributed by atoms with E-state index >= 15 is 0 Å². The third-order valence-electron chi connectivity index (χ3n) is 4.24. The minimum atomic E-state index is -0.152. The summed E-state index contributed by atoms with van der Waals surface area (Å²) in [5, 5.41) is 6.52. The molecule has 0 bridgehead atoms. The molecule has 0 radical (unpaired) electrons. The van der Waals surface area contributed by atoms with Crippen LogP contribution in [0.1, 0.15) is 10.4 Å². The molecule has 0 saturated carbocycles. The molecule has 3 aromatic carbocycles. The van der Waals surface area contributed by atoms with Gasteiger partial charge in [0, 0.05) is 5.56 Å². The van der Waals surface area contributed by atoms with Gasteiger partial charge in [-0.2, -0.15) is 9.99 Å². The number of carbonyl (C=O) groups is 1. The molecular weight excluding hydrogens is 414 g/mol. The second-order valence-electron chi connectivity index (χ2n) is 6.09. The molecule has 0 amide bonds. The summed E-state index contributed by atoms with van der Waals surface area (Å²) in [6.07, 6.45) is 3.62. The van der Waals surface area contributed by atoms with Gasteiger partial charge in [-0.25, -0.2) is 0 Å². The number of ketones is 1. The number of hydrogen-bond acceptors (Lipinski definition) is 3. The molecule has 1 heterocycles. The van der Waals surface area contributed by atoms with Crippen molar-refractivity contribution in [2.75, 3.05) is 5.43 Å². The van der Waals surface area contributed by atoms with E-state index in [4.69, 9.17) is 0 Å². The molecule has 0 unspecified atom stereocenters. The van der Waals surface area contributed by atoms with Gasteiger partial charge in [0.25, 0.3) is 5.78 Å². The van der Waals surface area contributed by atoms with E-state index < -0.39 is 0 Å². The highest BCUT2D eigenvalue weighted by Crippen LogP contribution is 2.16. The van der Waals surface area contributed by atoms with E-state index in [0.717, 1.165) is 16.5 Å². The number of hydrazone groups is 1. The van der Waals surface area contributed by atoms with Crippen molar-refractivity contribution in [3.05, 3.63) is 109 Å². The van der Waals surface area contributed by atoms with E-state index in [1.165, 1.54) is 0 Å². The zero-order valence-electron chi connectivity index (χ0n) is 15.0. The van der Waals surface area contributed by atoms with E-state index in [-0.39, 0.29) is 22.8 Å². The topological polar surface area (TPSA) is 45.3 Å². The number of rotatable bonds is 4. The normalized spacial score (nSPS) is 10.9. The van der Waals surface area contributed by atoms with Gasteiger partial charge in [0.05, 0.1) is 23.2 Å². The van der Waals surface area contributed by atoms with E-state index in [1.54, 1.807) is 4.57 Å². The Balaban J connectivity index is 0.00000225. The van der Waals surface area contributed by atoms with Crippen LogP contribution in [0.3, 0.4) is 0 Å². The smallest absolute Gasteiger partial charge is 0.400 e. The van der Waals surface area contributed by atoms with E-state index in [2.05, 4.69) is 10.5 Å². The summed E-state index contributed by atoms with van der Waals surface area (Å²) in [5.74, 6) is 0.148. The van der Waals surface area contributed by atoms with Crippen molar-refractivity contribution in [3.63, 3.8) is 0 Å². The molecule has 5 heteroatoms. The number of fused-ring (bicyclic) bond motifs is 1. The van der Waals surface area contributed by atoms with Crippen molar-refractivity contribution in [1.82, 2.24) is 0 Å². The van der Waals surface area contributed by atoms with Gasteiger partial charge >= 0.3 is 5.84 Å². The van der Waals surface area contributed by atoms with Gasteiger partial charge in [-0.15, -0.1) is 0 Å². The van der Waals surface area contributed by atoms with Crippen LogP contribution in [0, 0.1) is 0 Å². The number of nitrogens with zero attached hydrogens (tertiary/aromatic N) is 2. The average Bonchev–Trinajstić information content (AvgIpc) is 2.75. The lowest BCUT2D eigenvalue weighted by Crippen LogP contribution is -3.00. The monoisotopic (exact) mass is 431 g/mol. The summed E-state index contributed by atoms with van der Waals surface area (Å²) < 4.78 is 1.72. The second-order valence-corrected chi connectivity index (χ2v) is 6.09. The van der Waals surface area contributed by atoms with Crippen LogP contribution in [0.25, 0.3) is 10.8 Å². The maximum absolute atomic E-state index is 13.2. The van der Waals surface area contributed by atoms with Crippen LogP contribution in [0.2, 0.25) is 0 Å². The molecule has 0 aliphatic heterocycles. The molecule has 0 saturated heterocycles. The standard InChI is InChI=1S/C23H17N3O.BrH/c27-22(20-14-13-18-9-5-6-10-19(18)17-20)23(26-15-7-2-8-16-26)25-24-21-11-3-1-4-12-21;/h1-17H;1H. The van der Waals surface area contributed by atoms with Crippen LogP contribution >= 0.6 is 0 Å². The number of para-hydroxylation sites is 1. The zero-order chi connectivity index (χ0) is 18.5. The molecule has 0 aliphatic carbocycles. The van der Waals surface area contributed by atoms with Gasteiger partial charge in [0.2, 0.25) is 0 Å². The first-order valence-electron chi connectivity index (χ1n) is 8.70. The average molecular weight is 432 g/mol. The lowest BCUT2D eigenvalue weighted by Gasteiger charge is -2.03. The predicted molar refractivity (Wildman–Crippen MR) is 108 cm³/mol. The summed E-state index contributed by atoms with van der Waals surface area (Å²) in [5.41, 5.74) is 4.39. The van der Waals surface area contributed by atoms with Gasteiger partial charge in [-0.3, -0.25) is 4.79 Å². The molecule has 0 fully saturated rings. The van der Waals surface area contributed by atoms with Crippen molar-refractivity contribution in [3.8, 4) is 0 Å². The summed E-state index contributed by atoms with van der Waals surface area (Å²) in [4.78, 5) is 13.2. The molecule has 0 spiro atoms. The quantitative estimate of drug-likeness (QED) is 0.174. The number of carbonyl (C=O) groups excluding carboxylic acids is 1. The van der Waals surface area contributed by atoms with Crippen molar-refractivity contribution >= 4 is 28.1 Å². The number of hydrogen-bond donors (Lipinski definition) is 1. The van der Waals surface area contributed by atoms with Gasteiger partial charge in [-0.1, -0.05) is 60.7 Å². The summed E-state index contributed by atoms with van der Waals surface area (Å²) in [6, 6.07) is 28.9. The van der Waals surface area contributed by atoms with Crippen LogP contribution in [0.4, 0.5) is 5.69 Å². The summed E-state index contributed by atoms with van der Waals surface area (Å²) >= 11 is 0. The summed E-state index contributed by atoms with van der Waals surface area (Å²) in [7, 11) is 0. The maximum Gasteiger partial charge on any atom is 0.400 e.